The molecule has 5 rings (SSSR count). The van der Waals surface area contributed by atoms with E-state index in [0.29, 0.717) is 5.92 Å². The van der Waals surface area contributed by atoms with Gasteiger partial charge in [-0.05, 0) is 74.9 Å². The number of amides is 1. The molecule has 0 radical (unpaired) electrons. The molecule has 2 aromatic rings. The third kappa shape index (κ3) is 3.27. The van der Waals surface area contributed by atoms with Crippen LogP contribution in [0.5, 0.6) is 5.75 Å². The SMILES string of the molecule is COc1cccc2c(C(=O)N[C@@H]3C(C)(C)[C@@H]4CC[C@@]3(C)C4)c(C)n(CCN3CCCC3)c12. The lowest BCUT2D eigenvalue weighted by atomic mass is 9.68. The first kappa shape index (κ1) is 21.8. The van der Waals surface area contributed by atoms with Gasteiger partial charge >= 0.3 is 0 Å². The summed E-state index contributed by atoms with van der Waals surface area (Å²) in [6, 6.07) is 6.31. The lowest BCUT2D eigenvalue weighted by Crippen LogP contribution is -2.52. The molecular weight excluding hydrogens is 398 g/mol. The van der Waals surface area contributed by atoms with Crippen molar-refractivity contribution in [3.63, 3.8) is 0 Å². The Balaban J connectivity index is 1.51. The quantitative estimate of drug-likeness (QED) is 0.692. The van der Waals surface area contributed by atoms with Crippen molar-refractivity contribution in [1.29, 1.82) is 0 Å². The number of aromatic nitrogens is 1. The smallest absolute Gasteiger partial charge is 0.253 e. The minimum Gasteiger partial charge on any atom is -0.495 e. The summed E-state index contributed by atoms with van der Waals surface area (Å²) in [7, 11) is 1.72. The summed E-state index contributed by atoms with van der Waals surface area (Å²) >= 11 is 0. The van der Waals surface area contributed by atoms with Crippen molar-refractivity contribution in [2.45, 2.75) is 72.4 Å². The number of hydrogen-bond acceptors (Lipinski definition) is 3. The van der Waals surface area contributed by atoms with Crippen LogP contribution in [0.25, 0.3) is 10.9 Å². The summed E-state index contributed by atoms with van der Waals surface area (Å²) < 4.78 is 8.06. The van der Waals surface area contributed by atoms with Crippen molar-refractivity contribution >= 4 is 16.8 Å². The molecule has 3 atom stereocenters. The molecule has 32 heavy (non-hydrogen) atoms. The van der Waals surface area contributed by atoms with Crippen LogP contribution in [0, 0.1) is 23.7 Å². The molecule has 0 spiro atoms. The Labute approximate surface area is 192 Å². The minimum atomic E-state index is 0.0764. The van der Waals surface area contributed by atoms with Gasteiger partial charge in [-0.2, -0.15) is 0 Å². The highest BCUT2D eigenvalue weighted by atomic mass is 16.5. The Morgan fingerprint density at radius 1 is 1.19 bits per heavy atom. The second-order valence-electron chi connectivity index (χ2n) is 11.3. The average molecular weight is 438 g/mol. The first-order chi connectivity index (χ1) is 15.3. The monoisotopic (exact) mass is 437 g/mol. The maximum absolute atomic E-state index is 13.8. The Kier molecular flexibility index (Phi) is 5.31. The number of benzene rings is 1. The second kappa shape index (κ2) is 7.79. The molecule has 3 fully saturated rings. The predicted molar refractivity (Wildman–Crippen MR) is 129 cm³/mol. The Bertz CT molecular complexity index is 1030. The van der Waals surface area contributed by atoms with E-state index < -0.39 is 0 Å². The first-order valence-corrected chi connectivity index (χ1v) is 12.5. The van der Waals surface area contributed by atoms with E-state index in [1.165, 1.54) is 45.2 Å². The van der Waals surface area contributed by atoms with Crippen LogP contribution in [-0.4, -0.2) is 48.2 Å². The highest BCUT2D eigenvalue weighted by molar-refractivity contribution is 6.09. The molecule has 2 saturated carbocycles. The van der Waals surface area contributed by atoms with E-state index in [9.17, 15) is 4.79 Å². The van der Waals surface area contributed by atoms with E-state index in [4.69, 9.17) is 4.74 Å². The van der Waals surface area contributed by atoms with Crippen LogP contribution in [0.15, 0.2) is 18.2 Å². The molecule has 1 aliphatic heterocycles. The fourth-order valence-electron chi connectivity index (χ4n) is 7.34. The number of methoxy groups -OCH3 is 1. The molecule has 0 unspecified atom stereocenters. The molecule has 1 saturated heterocycles. The number of likely N-dealkylation sites (tertiary alicyclic amines) is 1. The van der Waals surface area contributed by atoms with Gasteiger partial charge in [0, 0.05) is 30.2 Å². The number of ether oxygens (including phenoxy) is 1. The van der Waals surface area contributed by atoms with Crippen LogP contribution in [0.2, 0.25) is 0 Å². The zero-order valence-corrected chi connectivity index (χ0v) is 20.5. The maximum Gasteiger partial charge on any atom is 0.253 e. The van der Waals surface area contributed by atoms with Crippen molar-refractivity contribution in [2.75, 3.05) is 26.7 Å². The molecule has 2 aliphatic carbocycles. The molecule has 2 heterocycles. The molecular formula is C27H39N3O2. The normalized spacial score (nSPS) is 29.2. The maximum atomic E-state index is 13.8. The second-order valence-corrected chi connectivity index (χ2v) is 11.3. The van der Waals surface area contributed by atoms with Crippen LogP contribution in [0.1, 0.15) is 68.9 Å². The van der Waals surface area contributed by atoms with Gasteiger partial charge in [0.15, 0.2) is 0 Å². The molecule has 5 heteroatoms. The summed E-state index contributed by atoms with van der Waals surface area (Å²) in [6.45, 7) is 13.4. The number of hydrogen-bond donors (Lipinski definition) is 1. The summed E-state index contributed by atoms with van der Waals surface area (Å²) in [4.78, 5) is 16.4. The summed E-state index contributed by atoms with van der Waals surface area (Å²) in [6.07, 6.45) is 6.33. The van der Waals surface area contributed by atoms with E-state index in [1.54, 1.807) is 7.11 Å². The zero-order valence-electron chi connectivity index (χ0n) is 20.5. The number of nitrogens with one attached hydrogen (secondary N) is 1. The third-order valence-corrected chi connectivity index (χ3v) is 9.14. The molecule has 174 valence electrons. The van der Waals surface area contributed by atoms with Gasteiger partial charge in [0.05, 0.1) is 18.2 Å². The molecule has 5 nitrogen and oxygen atoms in total. The van der Waals surface area contributed by atoms with Crippen LogP contribution in [0.4, 0.5) is 0 Å². The van der Waals surface area contributed by atoms with Crippen LogP contribution < -0.4 is 10.1 Å². The van der Waals surface area contributed by atoms with E-state index in [1.807, 2.05) is 12.1 Å². The summed E-state index contributed by atoms with van der Waals surface area (Å²) in [5.74, 6) is 1.63. The largest absolute Gasteiger partial charge is 0.495 e. The van der Waals surface area contributed by atoms with Gasteiger partial charge in [-0.3, -0.25) is 4.79 Å². The van der Waals surface area contributed by atoms with Crippen molar-refractivity contribution in [3.8, 4) is 5.75 Å². The van der Waals surface area contributed by atoms with Crippen LogP contribution in [-0.2, 0) is 6.54 Å². The third-order valence-electron chi connectivity index (χ3n) is 9.14. The topological polar surface area (TPSA) is 46.5 Å². The van der Waals surface area contributed by atoms with Crippen LogP contribution >= 0.6 is 0 Å². The van der Waals surface area contributed by atoms with Crippen molar-refractivity contribution in [3.05, 3.63) is 29.5 Å². The number of fused-ring (bicyclic) bond motifs is 3. The predicted octanol–water partition coefficient (Wildman–Crippen LogP) is 5.00. The van der Waals surface area contributed by atoms with Gasteiger partial charge in [0.2, 0.25) is 0 Å². The Morgan fingerprint density at radius 2 is 1.94 bits per heavy atom. The first-order valence-electron chi connectivity index (χ1n) is 12.5. The number of carbonyl (C=O) groups excluding carboxylic acids is 1. The van der Waals surface area contributed by atoms with E-state index in [0.717, 1.165) is 41.0 Å². The van der Waals surface area contributed by atoms with Crippen molar-refractivity contribution in [1.82, 2.24) is 14.8 Å². The highest BCUT2D eigenvalue weighted by Crippen LogP contribution is 2.62. The lowest BCUT2D eigenvalue weighted by Gasteiger charge is -2.43. The standard InChI is InChI=1S/C27H39N3O2/c1-18-22(24(31)28-25-26(2,3)19-11-12-27(25,4)17-19)20-9-8-10-21(32-5)23(20)30(18)16-15-29-13-6-7-14-29/h8-10,19,25H,6-7,11-17H2,1-5H3,(H,28,31)/t19-,25-,27+/m1/s1. The Hall–Kier alpha value is -2.01. The molecule has 1 aromatic heterocycles. The van der Waals surface area contributed by atoms with Crippen molar-refractivity contribution in [2.24, 2.45) is 16.7 Å². The fraction of sp³-hybridized carbons (Fsp3) is 0.667. The molecule has 1 aromatic carbocycles. The van der Waals surface area contributed by atoms with E-state index in [-0.39, 0.29) is 22.8 Å². The van der Waals surface area contributed by atoms with Gasteiger partial charge in [0.1, 0.15) is 5.75 Å². The fourth-order valence-corrected chi connectivity index (χ4v) is 7.34. The van der Waals surface area contributed by atoms with Crippen LogP contribution in [0.3, 0.4) is 0 Å². The number of carbonyl (C=O) groups is 1. The average Bonchev–Trinajstić information content (AvgIpc) is 3.50. The van der Waals surface area contributed by atoms with E-state index in [2.05, 4.69) is 48.5 Å². The number of rotatable bonds is 6. The molecule has 1 amide bonds. The number of nitrogens with zero attached hydrogens (tertiary/aromatic N) is 2. The van der Waals surface area contributed by atoms with Crippen molar-refractivity contribution < 1.29 is 9.53 Å². The van der Waals surface area contributed by atoms with Gasteiger partial charge in [-0.25, -0.2) is 0 Å². The van der Waals surface area contributed by atoms with Gasteiger partial charge in [-0.15, -0.1) is 0 Å². The molecule has 1 N–H and O–H groups in total. The highest BCUT2D eigenvalue weighted by Gasteiger charge is 2.59. The van der Waals surface area contributed by atoms with Gasteiger partial charge in [-0.1, -0.05) is 32.9 Å². The lowest BCUT2D eigenvalue weighted by molar-refractivity contribution is 0.0738. The minimum absolute atomic E-state index is 0.0764. The Morgan fingerprint density at radius 3 is 2.59 bits per heavy atom. The summed E-state index contributed by atoms with van der Waals surface area (Å²) in [5, 5.41) is 4.54. The summed E-state index contributed by atoms with van der Waals surface area (Å²) in [5.41, 5.74) is 3.27. The molecule has 3 aliphatic rings. The van der Waals surface area contributed by atoms with Gasteiger partial charge < -0.3 is 19.5 Å². The zero-order chi connectivity index (χ0) is 22.7. The van der Waals surface area contributed by atoms with E-state index >= 15 is 0 Å². The molecule has 2 bridgehead atoms. The number of para-hydroxylation sites is 1. The van der Waals surface area contributed by atoms with Gasteiger partial charge in [0.25, 0.3) is 5.91 Å².